The first-order valence-electron chi connectivity index (χ1n) is 5.67. The van der Waals surface area contributed by atoms with Gasteiger partial charge >= 0.3 is 0 Å². The van der Waals surface area contributed by atoms with Crippen molar-refractivity contribution in [2.75, 3.05) is 27.2 Å². The van der Waals surface area contributed by atoms with Gasteiger partial charge in [0.25, 0.3) is 0 Å². The Labute approximate surface area is 87.2 Å². The minimum atomic E-state index is 0.817. The molecule has 0 aliphatic heterocycles. The van der Waals surface area contributed by atoms with Crippen LogP contribution in [0.1, 0.15) is 25.7 Å². The van der Waals surface area contributed by atoms with Gasteiger partial charge in [-0.1, -0.05) is 12.8 Å². The van der Waals surface area contributed by atoms with E-state index in [2.05, 4.69) is 21.7 Å². The Hall–Kier alpha value is -0.160. The van der Waals surface area contributed by atoms with Crippen LogP contribution in [0.2, 0.25) is 0 Å². The predicted octanol–water partition coefficient (Wildman–Crippen LogP) is 0.241. The summed E-state index contributed by atoms with van der Waals surface area (Å²) < 4.78 is 0. The summed E-state index contributed by atoms with van der Waals surface area (Å²) in [4.78, 5) is 0. The topological polar surface area (TPSA) is 48.1 Å². The number of hydrogen-bond donors (Lipinski definition) is 4. The second kappa shape index (κ2) is 7.17. The van der Waals surface area contributed by atoms with E-state index in [1.165, 1.54) is 25.7 Å². The molecule has 0 radical (unpaired) electrons. The lowest BCUT2D eigenvalue weighted by Crippen LogP contribution is -2.42. The van der Waals surface area contributed by atoms with Crippen LogP contribution in [-0.2, 0) is 0 Å². The zero-order valence-corrected chi connectivity index (χ0v) is 9.40. The second-order valence-corrected chi connectivity index (χ2v) is 4.07. The van der Waals surface area contributed by atoms with E-state index in [1.807, 2.05) is 14.1 Å². The Morgan fingerprint density at radius 3 is 1.64 bits per heavy atom. The van der Waals surface area contributed by atoms with E-state index in [-0.39, 0.29) is 0 Å². The minimum Gasteiger partial charge on any atom is -0.261 e. The summed E-state index contributed by atoms with van der Waals surface area (Å²) in [5.74, 6) is 1.63. The first-order valence-corrected chi connectivity index (χ1v) is 5.67. The Bertz CT molecular complexity index is 124. The van der Waals surface area contributed by atoms with Gasteiger partial charge in [-0.25, -0.2) is 0 Å². The molecule has 0 bridgehead atoms. The summed E-state index contributed by atoms with van der Waals surface area (Å²) in [6, 6.07) is 0. The molecule has 1 aliphatic rings. The van der Waals surface area contributed by atoms with Crippen LogP contribution in [0.25, 0.3) is 0 Å². The number of hydrazine groups is 2. The molecule has 0 heterocycles. The third-order valence-electron chi connectivity index (χ3n) is 3.15. The highest BCUT2D eigenvalue weighted by atomic mass is 15.3. The Balaban J connectivity index is 2.26. The average molecular weight is 200 g/mol. The molecule has 1 aliphatic carbocycles. The Morgan fingerprint density at radius 1 is 0.857 bits per heavy atom. The summed E-state index contributed by atoms with van der Waals surface area (Å²) in [6.07, 6.45) is 5.52. The van der Waals surface area contributed by atoms with Crippen LogP contribution < -0.4 is 21.7 Å². The van der Waals surface area contributed by atoms with Crippen LogP contribution in [0, 0.1) is 11.8 Å². The molecule has 0 saturated heterocycles. The first-order chi connectivity index (χ1) is 6.88. The molecule has 2 atom stereocenters. The van der Waals surface area contributed by atoms with Crippen molar-refractivity contribution in [3.05, 3.63) is 0 Å². The molecule has 0 amide bonds. The van der Waals surface area contributed by atoms with E-state index in [4.69, 9.17) is 0 Å². The molecule has 0 unspecified atom stereocenters. The predicted molar refractivity (Wildman–Crippen MR) is 59.6 cm³/mol. The fourth-order valence-corrected chi connectivity index (χ4v) is 2.29. The summed E-state index contributed by atoms with van der Waals surface area (Å²) in [5, 5.41) is 0. The molecule has 4 heteroatoms. The van der Waals surface area contributed by atoms with Gasteiger partial charge in [0.1, 0.15) is 0 Å². The van der Waals surface area contributed by atoms with Crippen LogP contribution in [-0.4, -0.2) is 27.2 Å². The van der Waals surface area contributed by atoms with Crippen molar-refractivity contribution in [2.24, 2.45) is 11.8 Å². The fraction of sp³-hybridized carbons (Fsp3) is 1.00. The van der Waals surface area contributed by atoms with Crippen molar-refractivity contribution in [3.63, 3.8) is 0 Å². The Morgan fingerprint density at radius 2 is 1.29 bits per heavy atom. The van der Waals surface area contributed by atoms with Crippen molar-refractivity contribution in [2.45, 2.75) is 25.7 Å². The highest BCUT2D eigenvalue weighted by Gasteiger charge is 2.23. The van der Waals surface area contributed by atoms with Crippen LogP contribution >= 0.6 is 0 Å². The molecule has 4 nitrogen and oxygen atoms in total. The monoisotopic (exact) mass is 200 g/mol. The van der Waals surface area contributed by atoms with Gasteiger partial charge in [-0.05, 0) is 38.8 Å². The SMILES string of the molecule is CNNC[C@@H]1CCCC[C@H]1CNNC. The van der Waals surface area contributed by atoms with Gasteiger partial charge in [0, 0.05) is 13.1 Å². The number of nitrogens with one attached hydrogen (secondary N) is 4. The normalized spacial score (nSPS) is 27.9. The lowest BCUT2D eigenvalue weighted by atomic mass is 9.79. The van der Waals surface area contributed by atoms with Crippen molar-refractivity contribution in [3.8, 4) is 0 Å². The number of hydrogen-bond acceptors (Lipinski definition) is 4. The van der Waals surface area contributed by atoms with E-state index in [0.29, 0.717) is 0 Å². The summed E-state index contributed by atoms with van der Waals surface area (Å²) in [7, 11) is 3.87. The quantitative estimate of drug-likeness (QED) is 0.464. The van der Waals surface area contributed by atoms with Gasteiger partial charge in [0.15, 0.2) is 0 Å². The van der Waals surface area contributed by atoms with Crippen LogP contribution in [0.4, 0.5) is 0 Å². The van der Waals surface area contributed by atoms with Gasteiger partial charge in [-0.2, -0.15) is 0 Å². The minimum absolute atomic E-state index is 0.817. The van der Waals surface area contributed by atoms with Gasteiger partial charge in [-0.15, -0.1) is 0 Å². The van der Waals surface area contributed by atoms with Crippen molar-refractivity contribution in [1.82, 2.24) is 21.7 Å². The molecule has 0 aromatic rings. The summed E-state index contributed by atoms with van der Waals surface area (Å²) in [6.45, 7) is 2.18. The standard InChI is InChI=1S/C10H24N4/c1-11-13-7-9-5-3-4-6-10(9)8-14-12-2/h9-14H,3-8H2,1-2H3/t9-,10-/m0/s1. The van der Waals surface area contributed by atoms with Crippen molar-refractivity contribution < 1.29 is 0 Å². The van der Waals surface area contributed by atoms with E-state index < -0.39 is 0 Å². The van der Waals surface area contributed by atoms with Gasteiger partial charge in [-0.3, -0.25) is 21.7 Å². The highest BCUT2D eigenvalue weighted by molar-refractivity contribution is 4.77. The molecular weight excluding hydrogens is 176 g/mol. The molecule has 4 N–H and O–H groups in total. The maximum Gasteiger partial charge on any atom is 0.0131 e. The van der Waals surface area contributed by atoms with E-state index >= 15 is 0 Å². The molecule has 0 aromatic carbocycles. The largest absolute Gasteiger partial charge is 0.261 e. The number of rotatable bonds is 6. The fourth-order valence-electron chi connectivity index (χ4n) is 2.29. The third kappa shape index (κ3) is 3.92. The van der Waals surface area contributed by atoms with Gasteiger partial charge < -0.3 is 0 Å². The molecular formula is C10H24N4. The lowest BCUT2D eigenvalue weighted by Gasteiger charge is -2.31. The highest BCUT2D eigenvalue weighted by Crippen LogP contribution is 2.28. The molecule has 84 valence electrons. The first kappa shape index (κ1) is 11.9. The zero-order valence-electron chi connectivity index (χ0n) is 9.40. The molecule has 1 saturated carbocycles. The maximum absolute atomic E-state index is 3.23. The van der Waals surface area contributed by atoms with Gasteiger partial charge in [0.05, 0.1) is 0 Å². The van der Waals surface area contributed by atoms with Gasteiger partial charge in [0.2, 0.25) is 0 Å². The van der Waals surface area contributed by atoms with Crippen LogP contribution in [0.5, 0.6) is 0 Å². The third-order valence-corrected chi connectivity index (χ3v) is 3.15. The van der Waals surface area contributed by atoms with Crippen LogP contribution in [0.3, 0.4) is 0 Å². The molecule has 1 fully saturated rings. The molecule has 1 rings (SSSR count). The molecule has 14 heavy (non-hydrogen) atoms. The average Bonchev–Trinajstić information content (AvgIpc) is 2.24. The van der Waals surface area contributed by atoms with Crippen LogP contribution in [0.15, 0.2) is 0 Å². The van der Waals surface area contributed by atoms with E-state index in [1.54, 1.807) is 0 Å². The smallest absolute Gasteiger partial charge is 0.0131 e. The lowest BCUT2D eigenvalue weighted by molar-refractivity contribution is 0.214. The molecule has 0 aromatic heterocycles. The van der Waals surface area contributed by atoms with E-state index in [9.17, 15) is 0 Å². The Kier molecular flexibility index (Phi) is 6.10. The van der Waals surface area contributed by atoms with Crippen molar-refractivity contribution >= 4 is 0 Å². The second-order valence-electron chi connectivity index (χ2n) is 4.07. The van der Waals surface area contributed by atoms with Crippen molar-refractivity contribution in [1.29, 1.82) is 0 Å². The van der Waals surface area contributed by atoms with E-state index in [0.717, 1.165) is 24.9 Å². The maximum atomic E-state index is 3.23. The zero-order chi connectivity index (χ0) is 10.2. The molecule has 0 spiro atoms. The summed E-state index contributed by atoms with van der Waals surface area (Å²) >= 11 is 0. The summed E-state index contributed by atoms with van der Waals surface area (Å²) in [5.41, 5.74) is 12.5.